The lowest BCUT2D eigenvalue weighted by atomic mass is 10.2. The van der Waals surface area contributed by atoms with Crippen LogP contribution in [0.1, 0.15) is 18.9 Å². The van der Waals surface area contributed by atoms with Gasteiger partial charge in [0.05, 0.1) is 0 Å². The third kappa shape index (κ3) is 5.67. The molecule has 0 aliphatic carbocycles. The number of likely N-dealkylation sites (N-methyl/N-ethyl adjacent to an activating group) is 1. The predicted octanol–water partition coefficient (Wildman–Crippen LogP) is 2.65. The highest BCUT2D eigenvalue weighted by Crippen LogP contribution is 2.17. The molecular weight excluding hydrogens is 388 g/mol. The molecule has 0 spiro atoms. The van der Waals surface area contributed by atoms with Gasteiger partial charge >= 0.3 is 6.03 Å². The number of nitrogens with one attached hydrogen (secondary N) is 1. The first-order valence-corrected chi connectivity index (χ1v) is 11.5. The van der Waals surface area contributed by atoms with E-state index < -0.39 is 0 Å². The van der Waals surface area contributed by atoms with E-state index in [9.17, 15) is 4.79 Å². The van der Waals surface area contributed by atoms with Crippen molar-refractivity contribution in [3.05, 3.63) is 54.2 Å². The molecule has 4 rings (SSSR count). The molecule has 0 atom stereocenters. The highest BCUT2D eigenvalue weighted by molar-refractivity contribution is 5.74. The van der Waals surface area contributed by atoms with Crippen LogP contribution in [0.3, 0.4) is 0 Å². The van der Waals surface area contributed by atoms with Gasteiger partial charge in [-0.3, -0.25) is 0 Å². The molecule has 0 bridgehead atoms. The van der Waals surface area contributed by atoms with Crippen molar-refractivity contribution < 1.29 is 4.79 Å². The number of nitrogens with zero attached hydrogens (tertiary/aromatic N) is 5. The van der Waals surface area contributed by atoms with E-state index in [2.05, 4.69) is 62.3 Å². The largest absolute Gasteiger partial charge is 0.370 e. The standard InChI is InChI=1S/C24H34N6O/c1-2-27-13-15-29(16-14-27)23-19-21(9-10-25-23)20-26-24(31)30-12-6-11-28(17-18-30)22-7-4-3-5-8-22/h3-5,7-10,19H,2,6,11-18,20H2,1H3,(H,26,31). The second-order valence-electron chi connectivity index (χ2n) is 8.27. The number of hydrogen-bond acceptors (Lipinski definition) is 5. The smallest absolute Gasteiger partial charge is 0.317 e. The number of piperazine rings is 1. The van der Waals surface area contributed by atoms with Gasteiger partial charge in [-0.25, -0.2) is 9.78 Å². The fraction of sp³-hybridized carbons (Fsp3) is 0.500. The Kier molecular flexibility index (Phi) is 7.25. The van der Waals surface area contributed by atoms with Gasteiger partial charge in [-0.15, -0.1) is 0 Å². The first kappa shape index (κ1) is 21.4. The fourth-order valence-electron chi connectivity index (χ4n) is 4.34. The van der Waals surface area contributed by atoms with E-state index >= 15 is 0 Å². The van der Waals surface area contributed by atoms with E-state index in [1.807, 2.05) is 23.2 Å². The molecule has 7 heteroatoms. The van der Waals surface area contributed by atoms with E-state index in [1.54, 1.807) is 0 Å². The molecule has 0 saturated carbocycles. The Morgan fingerprint density at radius 1 is 0.935 bits per heavy atom. The minimum absolute atomic E-state index is 0.0184. The summed E-state index contributed by atoms with van der Waals surface area (Å²) in [6.07, 6.45) is 2.83. The maximum Gasteiger partial charge on any atom is 0.317 e. The second kappa shape index (κ2) is 10.5. The number of para-hydroxylation sites is 1. The van der Waals surface area contributed by atoms with E-state index in [4.69, 9.17) is 0 Å². The average molecular weight is 423 g/mol. The van der Waals surface area contributed by atoms with Gasteiger partial charge < -0.3 is 24.9 Å². The topological polar surface area (TPSA) is 55.0 Å². The Hall–Kier alpha value is -2.80. The number of urea groups is 1. The average Bonchev–Trinajstić information content (AvgIpc) is 3.10. The summed E-state index contributed by atoms with van der Waals surface area (Å²) < 4.78 is 0. The number of anilines is 2. The number of aromatic nitrogens is 1. The van der Waals surface area contributed by atoms with Crippen molar-refractivity contribution in [3.8, 4) is 0 Å². The minimum Gasteiger partial charge on any atom is -0.370 e. The number of benzene rings is 1. The normalized spacial score (nSPS) is 18.0. The van der Waals surface area contributed by atoms with Crippen LogP contribution in [0.15, 0.2) is 48.7 Å². The van der Waals surface area contributed by atoms with Crippen molar-refractivity contribution in [3.63, 3.8) is 0 Å². The molecule has 2 saturated heterocycles. The zero-order valence-corrected chi connectivity index (χ0v) is 18.5. The van der Waals surface area contributed by atoms with Crippen LogP contribution in [-0.4, -0.2) is 79.7 Å². The Bertz CT molecular complexity index is 837. The first-order chi connectivity index (χ1) is 15.2. The molecule has 2 aliphatic heterocycles. The van der Waals surface area contributed by atoms with Gasteiger partial charge in [-0.05, 0) is 42.8 Å². The summed E-state index contributed by atoms with van der Waals surface area (Å²) in [4.78, 5) is 26.4. The van der Waals surface area contributed by atoms with Gasteiger partial charge in [-0.1, -0.05) is 25.1 Å². The molecule has 2 amide bonds. The lowest BCUT2D eigenvalue weighted by Gasteiger charge is -2.34. The van der Waals surface area contributed by atoms with Crippen LogP contribution < -0.4 is 15.1 Å². The molecule has 31 heavy (non-hydrogen) atoms. The number of pyridine rings is 1. The SMILES string of the molecule is CCN1CCN(c2cc(CNC(=O)N3CCCN(c4ccccc4)CC3)ccn2)CC1. The first-order valence-electron chi connectivity index (χ1n) is 11.5. The monoisotopic (exact) mass is 422 g/mol. The van der Waals surface area contributed by atoms with Crippen molar-refractivity contribution in [1.82, 2.24) is 20.1 Å². The van der Waals surface area contributed by atoms with Crippen LogP contribution in [0.25, 0.3) is 0 Å². The predicted molar refractivity (Wildman–Crippen MR) is 126 cm³/mol. The Balaban J connectivity index is 1.28. The Labute approximate surface area is 185 Å². The van der Waals surface area contributed by atoms with Crippen LogP contribution in [-0.2, 0) is 6.54 Å². The van der Waals surface area contributed by atoms with E-state index in [0.29, 0.717) is 6.54 Å². The molecule has 166 valence electrons. The van der Waals surface area contributed by atoms with Crippen molar-refractivity contribution in [2.75, 3.05) is 68.7 Å². The van der Waals surface area contributed by atoms with Crippen LogP contribution >= 0.6 is 0 Å². The Morgan fingerprint density at radius 2 is 1.71 bits per heavy atom. The third-order valence-electron chi connectivity index (χ3n) is 6.30. The maximum absolute atomic E-state index is 12.8. The van der Waals surface area contributed by atoms with E-state index in [1.165, 1.54) is 5.69 Å². The number of carbonyl (C=O) groups excluding carboxylic acids is 1. The molecule has 3 heterocycles. The van der Waals surface area contributed by atoms with Crippen LogP contribution in [0, 0.1) is 0 Å². The molecule has 1 N–H and O–H groups in total. The number of carbonyl (C=O) groups is 1. The van der Waals surface area contributed by atoms with Crippen molar-refractivity contribution in [2.24, 2.45) is 0 Å². The molecule has 2 aromatic rings. The molecule has 0 unspecified atom stereocenters. The number of hydrogen-bond donors (Lipinski definition) is 1. The lowest BCUT2D eigenvalue weighted by Crippen LogP contribution is -2.46. The molecular formula is C24H34N6O. The fourth-order valence-corrected chi connectivity index (χ4v) is 4.34. The third-order valence-corrected chi connectivity index (χ3v) is 6.30. The molecule has 7 nitrogen and oxygen atoms in total. The summed E-state index contributed by atoms with van der Waals surface area (Å²) in [7, 11) is 0. The van der Waals surface area contributed by atoms with Crippen LogP contribution in [0.4, 0.5) is 16.3 Å². The summed E-state index contributed by atoms with van der Waals surface area (Å²) in [5, 5.41) is 3.11. The summed E-state index contributed by atoms with van der Waals surface area (Å²) in [6.45, 7) is 11.4. The van der Waals surface area contributed by atoms with Gasteiger partial charge in [-0.2, -0.15) is 0 Å². The summed E-state index contributed by atoms with van der Waals surface area (Å²) in [5.41, 5.74) is 2.32. The zero-order valence-electron chi connectivity index (χ0n) is 18.5. The molecule has 2 aliphatic rings. The number of amides is 2. The summed E-state index contributed by atoms with van der Waals surface area (Å²) >= 11 is 0. The van der Waals surface area contributed by atoms with E-state index in [-0.39, 0.29) is 6.03 Å². The van der Waals surface area contributed by atoms with E-state index in [0.717, 1.165) is 76.7 Å². The highest BCUT2D eigenvalue weighted by atomic mass is 16.2. The van der Waals surface area contributed by atoms with Crippen LogP contribution in [0.5, 0.6) is 0 Å². The Morgan fingerprint density at radius 3 is 2.48 bits per heavy atom. The highest BCUT2D eigenvalue weighted by Gasteiger charge is 2.20. The van der Waals surface area contributed by atoms with Crippen molar-refractivity contribution in [2.45, 2.75) is 19.9 Å². The lowest BCUT2D eigenvalue weighted by molar-refractivity contribution is 0.201. The summed E-state index contributed by atoms with van der Waals surface area (Å²) in [6, 6.07) is 14.6. The quantitative estimate of drug-likeness (QED) is 0.803. The van der Waals surface area contributed by atoms with Crippen molar-refractivity contribution >= 4 is 17.5 Å². The number of rotatable bonds is 5. The zero-order chi connectivity index (χ0) is 21.5. The van der Waals surface area contributed by atoms with Gasteiger partial charge in [0.2, 0.25) is 0 Å². The maximum atomic E-state index is 12.8. The van der Waals surface area contributed by atoms with Gasteiger partial charge in [0.15, 0.2) is 0 Å². The second-order valence-corrected chi connectivity index (χ2v) is 8.27. The summed E-state index contributed by atoms with van der Waals surface area (Å²) in [5.74, 6) is 1.01. The van der Waals surface area contributed by atoms with Gasteiger partial charge in [0.25, 0.3) is 0 Å². The van der Waals surface area contributed by atoms with Gasteiger partial charge in [0.1, 0.15) is 5.82 Å². The van der Waals surface area contributed by atoms with Crippen LogP contribution in [0.2, 0.25) is 0 Å². The minimum atomic E-state index is 0.0184. The molecule has 0 radical (unpaired) electrons. The van der Waals surface area contributed by atoms with Crippen molar-refractivity contribution in [1.29, 1.82) is 0 Å². The molecule has 2 fully saturated rings. The van der Waals surface area contributed by atoms with Gasteiger partial charge in [0, 0.05) is 70.8 Å². The molecule has 1 aromatic carbocycles. The molecule has 1 aromatic heterocycles.